The van der Waals surface area contributed by atoms with E-state index in [2.05, 4.69) is 5.32 Å². The first-order valence-corrected chi connectivity index (χ1v) is 4.97. The average Bonchev–Trinajstić information content (AvgIpc) is 2.15. The van der Waals surface area contributed by atoms with E-state index >= 15 is 0 Å². The van der Waals surface area contributed by atoms with E-state index in [1.807, 2.05) is 24.3 Å². The molecular weight excluding hydrogens is 200 g/mol. The van der Waals surface area contributed by atoms with Gasteiger partial charge in [0.2, 0.25) is 0 Å². The average molecular weight is 215 g/mol. The Kier molecular flexibility index (Phi) is 4.73. The van der Waals surface area contributed by atoms with Crippen molar-refractivity contribution in [2.45, 2.75) is 12.5 Å². The monoisotopic (exact) mass is 214 g/mol. The molecule has 0 radical (unpaired) electrons. The molecule has 0 fully saturated rings. The Hall–Kier alpha value is -0.770. The molecule has 0 amide bonds. The standard InChI is InChI=1S/C10H15ClN2O/c11-8-2-1-3-9(6-8)13-7-10(14)4-5-12/h1-3,6,10,13-14H,4-5,7,12H2. The molecule has 0 saturated heterocycles. The molecule has 1 aromatic carbocycles. The minimum atomic E-state index is -0.404. The van der Waals surface area contributed by atoms with Gasteiger partial charge in [-0.3, -0.25) is 0 Å². The summed E-state index contributed by atoms with van der Waals surface area (Å²) in [5.41, 5.74) is 6.22. The van der Waals surface area contributed by atoms with E-state index in [9.17, 15) is 5.11 Å². The number of benzene rings is 1. The molecule has 14 heavy (non-hydrogen) atoms. The second kappa shape index (κ2) is 5.86. The van der Waals surface area contributed by atoms with E-state index in [0.29, 0.717) is 24.5 Å². The summed E-state index contributed by atoms with van der Waals surface area (Å²) in [7, 11) is 0. The van der Waals surface area contributed by atoms with Gasteiger partial charge in [-0.15, -0.1) is 0 Å². The summed E-state index contributed by atoms with van der Waals surface area (Å²) in [6, 6.07) is 7.39. The third-order valence-corrected chi connectivity index (χ3v) is 2.10. The number of aliphatic hydroxyl groups is 1. The number of halogens is 1. The maximum Gasteiger partial charge on any atom is 0.0724 e. The SMILES string of the molecule is NCCC(O)CNc1cccc(Cl)c1. The zero-order valence-corrected chi connectivity index (χ0v) is 8.67. The van der Waals surface area contributed by atoms with E-state index in [1.54, 1.807) is 0 Å². The van der Waals surface area contributed by atoms with Crippen LogP contribution in [0.3, 0.4) is 0 Å². The van der Waals surface area contributed by atoms with Crippen LogP contribution in [0.4, 0.5) is 5.69 Å². The number of nitrogens with two attached hydrogens (primary N) is 1. The number of hydrogen-bond acceptors (Lipinski definition) is 3. The Balaban J connectivity index is 2.37. The second-order valence-electron chi connectivity index (χ2n) is 3.12. The lowest BCUT2D eigenvalue weighted by Gasteiger charge is -2.11. The maximum atomic E-state index is 9.40. The molecule has 0 aliphatic carbocycles. The molecule has 0 aliphatic heterocycles. The van der Waals surface area contributed by atoms with Gasteiger partial charge in [0.1, 0.15) is 0 Å². The van der Waals surface area contributed by atoms with Crippen LogP contribution in [0.2, 0.25) is 5.02 Å². The van der Waals surface area contributed by atoms with Crippen LogP contribution in [0.15, 0.2) is 24.3 Å². The summed E-state index contributed by atoms with van der Waals surface area (Å²) in [5, 5.41) is 13.2. The van der Waals surface area contributed by atoms with E-state index in [0.717, 1.165) is 5.69 Å². The van der Waals surface area contributed by atoms with Crippen LogP contribution >= 0.6 is 11.6 Å². The van der Waals surface area contributed by atoms with Crippen molar-refractivity contribution in [2.24, 2.45) is 5.73 Å². The van der Waals surface area contributed by atoms with E-state index in [4.69, 9.17) is 17.3 Å². The number of rotatable bonds is 5. The Labute approximate surface area is 88.9 Å². The molecule has 0 spiro atoms. The Bertz CT molecular complexity index is 281. The zero-order chi connectivity index (χ0) is 10.4. The highest BCUT2D eigenvalue weighted by Gasteiger charge is 2.01. The quantitative estimate of drug-likeness (QED) is 0.696. The highest BCUT2D eigenvalue weighted by atomic mass is 35.5. The second-order valence-corrected chi connectivity index (χ2v) is 3.56. The molecular formula is C10H15ClN2O. The molecule has 78 valence electrons. The van der Waals surface area contributed by atoms with Crippen molar-refractivity contribution in [3.05, 3.63) is 29.3 Å². The van der Waals surface area contributed by atoms with Crippen molar-refractivity contribution in [1.29, 1.82) is 0 Å². The fourth-order valence-electron chi connectivity index (χ4n) is 1.13. The van der Waals surface area contributed by atoms with Crippen LogP contribution in [-0.4, -0.2) is 24.3 Å². The first-order chi connectivity index (χ1) is 6.72. The Morgan fingerprint density at radius 2 is 2.29 bits per heavy atom. The van der Waals surface area contributed by atoms with Crippen molar-refractivity contribution in [1.82, 2.24) is 0 Å². The summed E-state index contributed by atoms with van der Waals surface area (Å²) >= 11 is 5.80. The van der Waals surface area contributed by atoms with E-state index < -0.39 is 6.10 Å². The van der Waals surface area contributed by atoms with Gasteiger partial charge in [0.25, 0.3) is 0 Å². The lowest BCUT2D eigenvalue weighted by atomic mass is 10.2. The number of anilines is 1. The van der Waals surface area contributed by atoms with Gasteiger partial charge in [0.05, 0.1) is 6.10 Å². The normalized spacial score (nSPS) is 12.5. The van der Waals surface area contributed by atoms with Crippen LogP contribution < -0.4 is 11.1 Å². The van der Waals surface area contributed by atoms with Crippen LogP contribution in [0, 0.1) is 0 Å². The van der Waals surface area contributed by atoms with Crippen LogP contribution in [0.5, 0.6) is 0 Å². The third kappa shape index (κ3) is 3.96. The molecule has 0 saturated carbocycles. The molecule has 1 unspecified atom stereocenters. The van der Waals surface area contributed by atoms with Crippen molar-refractivity contribution in [2.75, 3.05) is 18.4 Å². The van der Waals surface area contributed by atoms with Gasteiger partial charge in [-0.25, -0.2) is 0 Å². The molecule has 1 rings (SSSR count). The van der Waals surface area contributed by atoms with Gasteiger partial charge < -0.3 is 16.2 Å². The molecule has 0 heterocycles. The lowest BCUT2D eigenvalue weighted by molar-refractivity contribution is 0.180. The fourth-order valence-corrected chi connectivity index (χ4v) is 1.32. The molecule has 4 N–H and O–H groups in total. The van der Waals surface area contributed by atoms with Crippen molar-refractivity contribution in [3.8, 4) is 0 Å². The summed E-state index contributed by atoms with van der Waals surface area (Å²) in [5.74, 6) is 0. The van der Waals surface area contributed by atoms with Gasteiger partial charge in [-0.05, 0) is 31.2 Å². The van der Waals surface area contributed by atoms with Crippen molar-refractivity contribution < 1.29 is 5.11 Å². The molecule has 0 aliphatic rings. The first-order valence-electron chi connectivity index (χ1n) is 4.60. The number of aliphatic hydroxyl groups excluding tert-OH is 1. The highest BCUT2D eigenvalue weighted by Crippen LogP contribution is 2.14. The van der Waals surface area contributed by atoms with Crippen LogP contribution in [0.1, 0.15) is 6.42 Å². The minimum Gasteiger partial charge on any atom is -0.391 e. The fraction of sp³-hybridized carbons (Fsp3) is 0.400. The summed E-state index contributed by atoms with van der Waals surface area (Å²) < 4.78 is 0. The van der Waals surface area contributed by atoms with Crippen molar-refractivity contribution in [3.63, 3.8) is 0 Å². The van der Waals surface area contributed by atoms with E-state index in [1.165, 1.54) is 0 Å². The minimum absolute atomic E-state index is 0.404. The number of hydrogen-bond donors (Lipinski definition) is 3. The lowest BCUT2D eigenvalue weighted by Crippen LogP contribution is -2.22. The summed E-state index contributed by atoms with van der Waals surface area (Å²) in [4.78, 5) is 0. The van der Waals surface area contributed by atoms with Gasteiger partial charge >= 0.3 is 0 Å². The molecule has 0 aromatic heterocycles. The van der Waals surface area contributed by atoms with Gasteiger partial charge in [-0.1, -0.05) is 17.7 Å². The van der Waals surface area contributed by atoms with Crippen LogP contribution in [-0.2, 0) is 0 Å². The highest BCUT2D eigenvalue weighted by molar-refractivity contribution is 6.30. The van der Waals surface area contributed by atoms with Gasteiger partial charge in [-0.2, -0.15) is 0 Å². The Morgan fingerprint density at radius 1 is 1.50 bits per heavy atom. The predicted molar refractivity (Wildman–Crippen MR) is 59.6 cm³/mol. The predicted octanol–water partition coefficient (Wildman–Crippen LogP) is 1.46. The van der Waals surface area contributed by atoms with Crippen molar-refractivity contribution >= 4 is 17.3 Å². The largest absolute Gasteiger partial charge is 0.391 e. The van der Waals surface area contributed by atoms with Crippen LogP contribution in [0.25, 0.3) is 0 Å². The molecule has 1 aromatic rings. The summed E-state index contributed by atoms with van der Waals surface area (Å²) in [6.45, 7) is 0.996. The molecule has 3 nitrogen and oxygen atoms in total. The summed E-state index contributed by atoms with van der Waals surface area (Å²) in [6.07, 6.45) is 0.201. The van der Waals surface area contributed by atoms with Gasteiger partial charge in [0, 0.05) is 17.3 Å². The smallest absolute Gasteiger partial charge is 0.0724 e. The molecule has 4 heteroatoms. The topological polar surface area (TPSA) is 58.3 Å². The molecule has 1 atom stereocenters. The maximum absolute atomic E-state index is 9.40. The molecule has 0 bridgehead atoms. The zero-order valence-electron chi connectivity index (χ0n) is 7.91. The third-order valence-electron chi connectivity index (χ3n) is 1.87. The number of nitrogens with one attached hydrogen (secondary N) is 1. The Morgan fingerprint density at radius 3 is 2.93 bits per heavy atom. The first kappa shape index (κ1) is 11.3. The van der Waals surface area contributed by atoms with Gasteiger partial charge in [0.15, 0.2) is 0 Å². The van der Waals surface area contributed by atoms with E-state index in [-0.39, 0.29) is 0 Å².